The van der Waals surface area contributed by atoms with E-state index in [0.717, 1.165) is 32.1 Å². The van der Waals surface area contributed by atoms with Crippen molar-refractivity contribution in [3.05, 3.63) is 12.2 Å². The number of rotatable bonds is 21. The lowest BCUT2D eigenvalue weighted by atomic mass is 9.78. The minimum Gasteiger partial charge on any atom is -0.394 e. The van der Waals surface area contributed by atoms with E-state index >= 15 is 0 Å². The molecule has 0 aliphatic carbocycles. The van der Waals surface area contributed by atoms with Gasteiger partial charge >= 0.3 is 10.1 Å². The summed E-state index contributed by atoms with van der Waals surface area (Å²) in [7, 11) is -5.97. The number of hydrogen-bond donors (Lipinski definition) is 12. The molecule has 13 atom stereocenters. The second kappa shape index (κ2) is 19.6. The highest BCUT2D eigenvalue weighted by atomic mass is 32.2. The van der Waals surface area contributed by atoms with Crippen molar-refractivity contribution >= 4 is 10.1 Å². The Morgan fingerprint density at radius 3 is 1.92 bits per heavy atom. The summed E-state index contributed by atoms with van der Waals surface area (Å²) in [4.78, 5) is -4.09. The first-order valence-corrected chi connectivity index (χ1v) is 18.1. The molecule has 2 fully saturated rings. The molecule has 0 bridgehead atoms. The third kappa shape index (κ3) is 9.90. The molecule has 0 aromatic heterocycles. The maximum atomic E-state index is 12.5. The average Bonchev–Trinajstić information content (AvgIpc) is 3.05. The predicted molar refractivity (Wildman–Crippen MR) is 168 cm³/mol. The van der Waals surface area contributed by atoms with Crippen LogP contribution in [0.4, 0.5) is 0 Å². The predicted octanol–water partition coefficient (Wildman–Crippen LogP) is -2.51. The summed E-state index contributed by atoms with van der Waals surface area (Å²) < 4.78 is 50.7. The van der Waals surface area contributed by atoms with Crippen LogP contribution in [0.3, 0.4) is 0 Å². The first kappa shape index (κ1) is 43.3. The molecule has 2 saturated heterocycles. The quantitative estimate of drug-likeness (QED) is 0.0331. The van der Waals surface area contributed by atoms with E-state index in [2.05, 4.69) is 6.92 Å². The number of unbranched alkanes of at least 4 members (excludes halogenated alkanes) is 11. The Morgan fingerprint density at radius 1 is 0.875 bits per heavy atom. The van der Waals surface area contributed by atoms with Gasteiger partial charge in [-0.3, -0.25) is 4.55 Å². The van der Waals surface area contributed by atoms with Gasteiger partial charge in [-0.2, -0.15) is 8.42 Å². The Labute approximate surface area is 281 Å². The summed E-state index contributed by atoms with van der Waals surface area (Å²) in [6.45, 7) is -0.475. The van der Waals surface area contributed by atoms with Gasteiger partial charge in [-0.25, -0.2) is 0 Å². The second-order valence-corrected chi connectivity index (χ2v) is 14.3. The third-order valence-corrected chi connectivity index (χ3v) is 10.6. The first-order chi connectivity index (χ1) is 22.5. The minimum atomic E-state index is -5.97. The van der Waals surface area contributed by atoms with E-state index in [1.165, 1.54) is 44.6 Å². The molecule has 18 heteroatoms. The molecule has 0 radical (unpaired) electrons. The average molecular weight is 720 g/mol. The van der Waals surface area contributed by atoms with Gasteiger partial charge in [0.1, 0.15) is 42.7 Å². The highest BCUT2D eigenvalue weighted by Crippen LogP contribution is 2.45. The smallest absolute Gasteiger partial charge is 0.301 e. The zero-order chi connectivity index (χ0) is 36.3. The van der Waals surface area contributed by atoms with E-state index in [4.69, 9.17) is 19.9 Å². The molecule has 284 valence electrons. The van der Waals surface area contributed by atoms with Gasteiger partial charge in [0.2, 0.25) is 0 Å². The van der Waals surface area contributed by atoms with Gasteiger partial charge in [-0.1, -0.05) is 83.3 Å². The van der Waals surface area contributed by atoms with Gasteiger partial charge in [-0.05, 0) is 12.8 Å². The van der Waals surface area contributed by atoms with Crippen LogP contribution in [0.1, 0.15) is 84.0 Å². The SMILES string of the molecule is CCCCCCCCCCCCC/C=C/[C@@H](O)[C@H](N)C(O)[C@@]1(CO)O[C@H](O[C@H]2[C@H](O)[C@@H](O)[C@H](O)O[C@@H]2CO)[C@H](O)[C@H](O)[C@@]1(O)S(=O)(=O)O. The fraction of sp³-hybridized carbons (Fsp3) is 0.933. The fourth-order valence-corrected chi connectivity index (χ4v) is 7.29. The monoisotopic (exact) mass is 719 g/mol. The molecule has 48 heavy (non-hydrogen) atoms. The molecular weight excluding hydrogens is 662 g/mol. The molecule has 0 amide bonds. The van der Waals surface area contributed by atoms with Gasteiger partial charge < -0.3 is 71.0 Å². The van der Waals surface area contributed by atoms with E-state index in [1.807, 2.05) is 0 Å². The number of ether oxygens (including phenoxy) is 3. The lowest BCUT2D eigenvalue weighted by Crippen LogP contribution is -2.82. The van der Waals surface area contributed by atoms with Crippen LogP contribution >= 0.6 is 0 Å². The Bertz CT molecular complexity index is 1070. The van der Waals surface area contributed by atoms with Crippen LogP contribution in [-0.2, 0) is 24.3 Å². The van der Waals surface area contributed by atoms with Crippen LogP contribution in [0.15, 0.2) is 12.2 Å². The largest absolute Gasteiger partial charge is 0.394 e. The summed E-state index contributed by atoms with van der Waals surface area (Å²) in [6.07, 6.45) is -6.08. The molecule has 2 aliphatic heterocycles. The molecule has 2 aliphatic rings. The molecular formula is C30H57NO16S. The Hall–Kier alpha value is -0.910. The van der Waals surface area contributed by atoms with E-state index in [-0.39, 0.29) is 0 Å². The van der Waals surface area contributed by atoms with Crippen molar-refractivity contribution in [3.8, 4) is 0 Å². The first-order valence-electron chi connectivity index (χ1n) is 16.6. The van der Waals surface area contributed by atoms with Crippen LogP contribution in [0.2, 0.25) is 0 Å². The van der Waals surface area contributed by atoms with E-state index in [0.29, 0.717) is 6.42 Å². The van der Waals surface area contributed by atoms with Crippen molar-refractivity contribution in [3.63, 3.8) is 0 Å². The summed E-state index contributed by atoms with van der Waals surface area (Å²) in [6, 6.07) is -1.95. The van der Waals surface area contributed by atoms with Gasteiger partial charge in [-0.15, -0.1) is 0 Å². The molecule has 0 saturated carbocycles. The normalized spacial score (nSPS) is 36.7. The Kier molecular flexibility index (Phi) is 17.7. The Morgan fingerprint density at radius 2 is 1.42 bits per heavy atom. The van der Waals surface area contributed by atoms with Crippen LogP contribution < -0.4 is 5.73 Å². The number of allylic oxidation sites excluding steroid dienone is 1. The number of aliphatic hydroxyl groups excluding tert-OH is 9. The zero-order valence-corrected chi connectivity index (χ0v) is 28.2. The van der Waals surface area contributed by atoms with E-state index in [1.54, 1.807) is 6.08 Å². The lowest BCUT2D eigenvalue weighted by Gasteiger charge is -2.56. The van der Waals surface area contributed by atoms with E-state index < -0.39 is 101 Å². The molecule has 17 nitrogen and oxygen atoms in total. The van der Waals surface area contributed by atoms with Crippen molar-refractivity contribution in [1.82, 2.24) is 0 Å². The summed E-state index contributed by atoms with van der Waals surface area (Å²) in [5.74, 6) is 0. The highest BCUT2D eigenvalue weighted by molar-refractivity contribution is 7.87. The van der Waals surface area contributed by atoms with Gasteiger partial charge in [0.25, 0.3) is 4.93 Å². The molecule has 0 spiro atoms. The van der Waals surface area contributed by atoms with Gasteiger partial charge in [0, 0.05) is 0 Å². The molecule has 0 aromatic rings. The highest BCUT2D eigenvalue weighted by Gasteiger charge is 2.74. The fourth-order valence-electron chi connectivity index (χ4n) is 6.17. The van der Waals surface area contributed by atoms with Crippen LogP contribution in [0.25, 0.3) is 0 Å². The molecule has 0 aromatic carbocycles. The molecule has 13 N–H and O–H groups in total. The summed E-state index contributed by atoms with van der Waals surface area (Å²) >= 11 is 0. The van der Waals surface area contributed by atoms with Crippen molar-refractivity contribution in [2.45, 2.75) is 162 Å². The third-order valence-electron chi connectivity index (χ3n) is 9.24. The second-order valence-electron chi connectivity index (χ2n) is 12.7. The van der Waals surface area contributed by atoms with Gasteiger partial charge in [0.05, 0.1) is 25.4 Å². The van der Waals surface area contributed by atoms with Crippen LogP contribution in [0.5, 0.6) is 0 Å². The molecule has 2 rings (SSSR count). The summed E-state index contributed by atoms with van der Waals surface area (Å²) in [5, 5.41) is 105. The molecule has 1 unspecified atom stereocenters. The lowest BCUT2D eigenvalue weighted by molar-refractivity contribution is -0.394. The maximum Gasteiger partial charge on any atom is 0.301 e. The zero-order valence-electron chi connectivity index (χ0n) is 27.4. The van der Waals surface area contributed by atoms with Crippen molar-refractivity contribution < 1.29 is 78.2 Å². The summed E-state index contributed by atoms with van der Waals surface area (Å²) in [5.41, 5.74) is 2.57. The number of hydrogen-bond acceptors (Lipinski definition) is 16. The molecule has 2 heterocycles. The maximum absolute atomic E-state index is 12.5. The van der Waals surface area contributed by atoms with E-state index in [9.17, 15) is 64.0 Å². The van der Waals surface area contributed by atoms with Crippen molar-refractivity contribution in [2.75, 3.05) is 13.2 Å². The Balaban J connectivity index is 2.15. The number of aliphatic hydroxyl groups is 10. The standard InChI is InChI=1S/C30H57NO16S/c1-2-3-4-5-6-7-8-9-10-11-12-13-14-15-18(34)20(31)25(38)29(17-33)30(41,48(42,43)44)26(39)23(37)28(47-29)46-24-19(16-32)45-27(40)22(36)21(24)35/h14-15,18-28,32-41H,2-13,16-17,31H2,1H3,(H,42,43,44)/b15-14+/t18-,19-,20+,21-,22-,23-,24-,25?,26+,27-,28+,29-,30-/m1/s1. The van der Waals surface area contributed by atoms with Crippen LogP contribution in [-0.4, -0.2) is 155 Å². The van der Waals surface area contributed by atoms with Crippen molar-refractivity contribution in [1.29, 1.82) is 0 Å². The number of nitrogens with two attached hydrogens (primary N) is 1. The minimum absolute atomic E-state index is 0.521. The van der Waals surface area contributed by atoms with Crippen molar-refractivity contribution in [2.24, 2.45) is 5.73 Å². The van der Waals surface area contributed by atoms with Crippen LogP contribution in [0, 0.1) is 0 Å². The van der Waals surface area contributed by atoms with Gasteiger partial charge in [0.15, 0.2) is 18.2 Å². The topological polar surface area (TPSA) is 310 Å².